The highest BCUT2D eigenvalue weighted by Gasteiger charge is 2.37. The van der Waals surface area contributed by atoms with E-state index in [2.05, 4.69) is 16.5 Å². The molecule has 0 spiro atoms. The van der Waals surface area contributed by atoms with Gasteiger partial charge < -0.3 is 14.8 Å². The summed E-state index contributed by atoms with van der Waals surface area (Å²) in [5.41, 5.74) is 3.01. The molecule has 1 aromatic heterocycles. The fraction of sp³-hybridized carbons (Fsp3) is 0.400. The second kappa shape index (κ2) is 9.10. The van der Waals surface area contributed by atoms with Crippen LogP contribution in [0.2, 0.25) is 0 Å². The average Bonchev–Trinajstić information content (AvgIpc) is 3.21. The number of piperidine rings is 1. The minimum atomic E-state index is -1.27. The van der Waals surface area contributed by atoms with Gasteiger partial charge in [-0.3, -0.25) is 4.90 Å². The van der Waals surface area contributed by atoms with Gasteiger partial charge >= 0.3 is 5.97 Å². The first-order valence-corrected chi connectivity index (χ1v) is 10.5. The largest absolute Gasteiger partial charge is 0.496 e. The summed E-state index contributed by atoms with van der Waals surface area (Å²) in [6, 6.07) is 3.92. The minimum Gasteiger partial charge on any atom is -0.496 e. The van der Waals surface area contributed by atoms with Crippen molar-refractivity contribution >= 4 is 16.9 Å². The second-order valence-corrected chi connectivity index (χ2v) is 8.54. The van der Waals surface area contributed by atoms with Crippen molar-refractivity contribution in [3.8, 4) is 5.75 Å². The Morgan fingerprint density at radius 2 is 2.23 bits per heavy atom. The van der Waals surface area contributed by atoms with Crippen LogP contribution >= 0.6 is 0 Å². The van der Waals surface area contributed by atoms with Gasteiger partial charge in [-0.25, -0.2) is 9.18 Å². The summed E-state index contributed by atoms with van der Waals surface area (Å²) < 4.78 is 20.7. The Morgan fingerprint density at radius 3 is 2.87 bits per heavy atom. The number of H-pyrrole nitrogens is 1. The van der Waals surface area contributed by atoms with E-state index in [1.807, 2.05) is 32.2 Å². The van der Waals surface area contributed by atoms with Crippen molar-refractivity contribution in [2.75, 3.05) is 13.7 Å². The molecule has 2 heterocycles. The van der Waals surface area contributed by atoms with Crippen molar-refractivity contribution in [2.24, 2.45) is 0 Å². The molecule has 5 nitrogen and oxygen atoms in total. The monoisotopic (exact) mass is 426 g/mol. The number of nitrogens with zero attached hydrogens (tertiary/aromatic N) is 1. The van der Waals surface area contributed by atoms with Gasteiger partial charge in [0.1, 0.15) is 11.4 Å². The smallest absolute Gasteiger partial charge is 0.335 e. The van der Waals surface area contributed by atoms with Gasteiger partial charge in [-0.1, -0.05) is 24.3 Å². The Labute approximate surface area is 182 Å². The summed E-state index contributed by atoms with van der Waals surface area (Å²) in [4.78, 5) is 16.8. The van der Waals surface area contributed by atoms with E-state index in [0.717, 1.165) is 33.4 Å². The summed E-state index contributed by atoms with van der Waals surface area (Å²) in [6.45, 7) is 10.4. The molecule has 2 unspecified atom stereocenters. The number of aliphatic carboxylic acids is 1. The van der Waals surface area contributed by atoms with E-state index < -0.39 is 11.6 Å². The van der Waals surface area contributed by atoms with Crippen molar-refractivity contribution in [1.82, 2.24) is 9.88 Å². The molecule has 1 fully saturated rings. The van der Waals surface area contributed by atoms with E-state index in [4.69, 9.17) is 4.74 Å². The molecule has 0 saturated carbocycles. The predicted octanol–water partition coefficient (Wildman–Crippen LogP) is 5.32. The minimum absolute atomic E-state index is 0.110. The zero-order chi connectivity index (χ0) is 22.8. The highest BCUT2D eigenvalue weighted by atomic mass is 19.1. The quantitative estimate of drug-likeness (QED) is 0.464. The van der Waals surface area contributed by atoms with Crippen LogP contribution in [0, 0.1) is 6.92 Å². The summed E-state index contributed by atoms with van der Waals surface area (Å²) in [6.07, 6.45) is 7.33. The number of aromatic amines is 1. The van der Waals surface area contributed by atoms with Crippen molar-refractivity contribution < 1.29 is 19.0 Å². The van der Waals surface area contributed by atoms with E-state index in [0.29, 0.717) is 25.9 Å². The number of carboxylic acids is 1. The van der Waals surface area contributed by atoms with Gasteiger partial charge in [-0.05, 0) is 51.0 Å². The predicted molar refractivity (Wildman–Crippen MR) is 122 cm³/mol. The normalized spacial score (nSPS) is 23.2. The number of methoxy groups -OCH3 is 1. The SMILES string of the molecule is C=C/C(=C\C=C(/C)C1CC(C)(F)CCN1Cc1c(OC)cc(C)c2[nH]ccc12)C(=O)O. The molecule has 1 aliphatic heterocycles. The summed E-state index contributed by atoms with van der Waals surface area (Å²) in [5.74, 6) is -0.215. The number of likely N-dealkylation sites (tertiary alicyclic amines) is 1. The Morgan fingerprint density at radius 1 is 1.48 bits per heavy atom. The molecule has 2 atom stereocenters. The van der Waals surface area contributed by atoms with Gasteiger partial charge in [0.15, 0.2) is 0 Å². The molecular formula is C25H31FN2O3. The van der Waals surface area contributed by atoms with Gasteiger partial charge in [0.2, 0.25) is 0 Å². The van der Waals surface area contributed by atoms with Crippen molar-refractivity contribution in [3.63, 3.8) is 0 Å². The number of fused-ring (bicyclic) bond motifs is 1. The third-order valence-electron chi connectivity index (χ3n) is 6.19. The highest BCUT2D eigenvalue weighted by Crippen LogP contribution is 2.37. The molecule has 166 valence electrons. The number of benzene rings is 1. The van der Waals surface area contributed by atoms with Gasteiger partial charge in [-0.2, -0.15) is 0 Å². The average molecular weight is 427 g/mol. The maximum absolute atomic E-state index is 15.0. The molecule has 3 rings (SSSR count). The molecule has 6 heteroatoms. The number of hydrogen-bond acceptors (Lipinski definition) is 3. The molecule has 1 aliphatic rings. The fourth-order valence-electron chi connectivity index (χ4n) is 4.35. The molecule has 31 heavy (non-hydrogen) atoms. The van der Waals surface area contributed by atoms with E-state index >= 15 is 0 Å². The molecular weight excluding hydrogens is 395 g/mol. The van der Waals surface area contributed by atoms with E-state index in [1.54, 1.807) is 20.1 Å². The maximum Gasteiger partial charge on any atom is 0.335 e. The highest BCUT2D eigenvalue weighted by molar-refractivity contribution is 5.90. The third-order valence-corrected chi connectivity index (χ3v) is 6.19. The first kappa shape index (κ1) is 22.8. The number of allylic oxidation sites excluding steroid dienone is 2. The van der Waals surface area contributed by atoms with Gasteiger partial charge in [0, 0.05) is 48.2 Å². The number of hydrogen-bond donors (Lipinski definition) is 2. The number of ether oxygens (including phenoxy) is 1. The summed E-state index contributed by atoms with van der Waals surface area (Å²) in [7, 11) is 1.67. The van der Waals surface area contributed by atoms with Crippen LogP contribution in [0.4, 0.5) is 4.39 Å². The number of nitrogens with one attached hydrogen (secondary N) is 1. The number of alkyl halides is 1. The number of halogens is 1. The van der Waals surface area contributed by atoms with Crippen LogP contribution in [0.1, 0.15) is 37.8 Å². The van der Waals surface area contributed by atoms with Crippen LogP contribution < -0.4 is 4.74 Å². The number of aryl methyl sites for hydroxylation is 1. The lowest BCUT2D eigenvalue weighted by Gasteiger charge is -2.42. The Kier molecular flexibility index (Phi) is 6.70. The van der Waals surface area contributed by atoms with Crippen LogP contribution in [0.3, 0.4) is 0 Å². The molecule has 2 N–H and O–H groups in total. The third kappa shape index (κ3) is 4.90. The van der Waals surface area contributed by atoms with Crippen molar-refractivity contribution in [3.05, 3.63) is 65.4 Å². The second-order valence-electron chi connectivity index (χ2n) is 8.54. The van der Waals surface area contributed by atoms with E-state index in [-0.39, 0.29) is 11.6 Å². The van der Waals surface area contributed by atoms with Crippen molar-refractivity contribution in [1.29, 1.82) is 0 Å². The van der Waals surface area contributed by atoms with Gasteiger partial charge in [0.25, 0.3) is 0 Å². The molecule has 0 radical (unpaired) electrons. The number of carboxylic acid groups (broad SMARTS) is 1. The zero-order valence-electron chi connectivity index (χ0n) is 18.7. The Balaban J connectivity index is 1.98. The standard InChI is InChI=1S/C25H31FN2O3/c1-6-18(24(29)30)8-7-16(2)21-14-25(4,26)10-12-28(21)15-20-19-9-11-27-23(19)17(3)13-22(20)31-5/h6-9,11,13,21,27H,1,10,12,14-15H2,2-5H3,(H,29,30)/b16-7+,18-8+. The Bertz CT molecular complexity index is 1050. The lowest BCUT2D eigenvalue weighted by Crippen LogP contribution is -2.47. The first-order valence-electron chi connectivity index (χ1n) is 10.5. The topological polar surface area (TPSA) is 65.6 Å². The van der Waals surface area contributed by atoms with E-state index in [1.165, 1.54) is 12.2 Å². The molecule has 0 amide bonds. The molecule has 1 aromatic carbocycles. The molecule has 2 aromatic rings. The van der Waals surface area contributed by atoms with Crippen LogP contribution in [0.5, 0.6) is 5.75 Å². The first-order chi connectivity index (χ1) is 14.7. The number of rotatable bonds is 7. The lowest BCUT2D eigenvalue weighted by atomic mass is 9.85. The number of aromatic nitrogens is 1. The lowest BCUT2D eigenvalue weighted by molar-refractivity contribution is -0.132. The van der Waals surface area contributed by atoms with Crippen LogP contribution in [-0.4, -0.2) is 46.3 Å². The summed E-state index contributed by atoms with van der Waals surface area (Å²) >= 11 is 0. The fourth-order valence-corrected chi connectivity index (χ4v) is 4.35. The Hall–Kier alpha value is -2.86. The van der Waals surface area contributed by atoms with Crippen molar-refractivity contribution in [2.45, 2.75) is 51.9 Å². The van der Waals surface area contributed by atoms with E-state index in [9.17, 15) is 14.3 Å². The molecule has 0 aliphatic carbocycles. The van der Waals surface area contributed by atoms with Gasteiger partial charge in [-0.15, -0.1) is 0 Å². The van der Waals surface area contributed by atoms with Crippen LogP contribution in [0.15, 0.2) is 54.3 Å². The summed E-state index contributed by atoms with van der Waals surface area (Å²) in [5, 5.41) is 10.3. The number of carbonyl (C=O) groups is 1. The van der Waals surface area contributed by atoms with Gasteiger partial charge in [0.05, 0.1) is 12.7 Å². The molecule has 0 bridgehead atoms. The van der Waals surface area contributed by atoms with Crippen LogP contribution in [-0.2, 0) is 11.3 Å². The maximum atomic E-state index is 15.0. The van der Waals surface area contributed by atoms with Crippen LogP contribution in [0.25, 0.3) is 10.9 Å². The molecule has 1 saturated heterocycles. The zero-order valence-corrected chi connectivity index (χ0v) is 18.7.